The Morgan fingerprint density at radius 2 is 2.12 bits per heavy atom. The first-order chi connectivity index (χ1) is 7.99. The summed E-state index contributed by atoms with van der Waals surface area (Å²) in [6.45, 7) is 6.59. The lowest BCUT2D eigenvalue weighted by atomic mass is 10.1. The third-order valence-corrected chi connectivity index (χ3v) is 2.79. The first-order valence-electron chi connectivity index (χ1n) is 5.78. The van der Waals surface area contributed by atoms with Gasteiger partial charge in [-0.1, -0.05) is 6.07 Å². The number of aromatic hydroxyl groups is 1. The normalized spacial score (nSPS) is 10.6. The van der Waals surface area contributed by atoms with E-state index in [1.165, 1.54) is 0 Å². The highest BCUT2D eigenvalue weighted by atomic mass is 16.3. The Morgan fingerprint density at radius 3 is 2.65 bits per heavy atom. The number of hydrogen-bond acceptors (Lipinski definition) is 3. The summed E-state index contributed by atoms with van der Waals surface area (Å²) in [5, 5.41) is 9.60. The molecule has 1 rings (SSSR count). The van der Waals surface area contributed by atoms with Crippen LogP contribution < -0.4 is 5.73 Å². The van der Waals surface area contributed by atoms with Crippen molar-refractivity contribution in [1.82, 2.24) is 4.90 Å². The van der Waals surface area contributed by atoms with Crippen molar-refractivity contribution in [2.75, 3.05) is 13.1 Å². The standard InChI is InChI=1S/C13H20N2O2/c1-9(2)15(8-7-14)13(17)11-5-4-6-12(16)10(11)3/h4-6,9,16H,7-8,14H2,1-3H3. The van der Waals surface area contributed by atoms with Crippen LogP contribution in [0, 0.1) is 6.92 Å². The lowest BCUT2D eigenvalue weighted by Gasteiger charge is -2.27. The zero-order valence-electron chi connectivity index (χ0n) is 10.6. The average Bonchev–Trinajstić information content (AvgIpc) is 2.28. The van der Waals surface area contributed by atoms with Crippen molar-refractivity contribution < 1.29 is 9.90 Å². The summed E-state index contributed by atoms with van der Waals surface area (Å²) in [6.07, 6.45) is 0. The van der Waals surface area contributed by atoms with E-state index in [4.69, 9.17) is 5.73 Å². The van der Waals surface area contributed by atoms with Crippen LogP contribution in [-0.4, -0.2) is 35.0 Å². The van der Waals surface area contributed by atoms with Crippen molar-refractivity contribution in [2.45, 2.75) is 26.8 Å². The molecule has 0 fully saturated rings. The molecule has 0 atom stereocenters. The number of hydrogen-bond donors (Lipinski definition) is 2. The molecule has 0 aliphatic rings. The summed E-state index contributed by atoms with van der Waals surface area (Å²) in [5.74, 6) is 0.0613. The molecule has 17 heavy (non-hydrogen) atoms. The Balaban J connectivity index is 3.05. The Bertz CT molecular complexity index is 402. The number of nitrogens with zero attached hydrogens (tertiary/aromatic N) is 1. The van der Waals surface area contributed by atoms with Crippen molar-refractivity contribution in [2.24, 2.45) is 5.73 Å². The highest BCUT2D eigenvalue weighted by Gasteiger charge is 2.20. The molecule has 0 saturated carbocycles. The van der Waals surface area contributed by atoms with Crippen LogP contribution in [0.5, 0.6) is 5.75 Å². The van der Waals surface area contributed by atoms with E-state index < -0.39 is 0 Å². The molecule has 1 aromatic rings. The van der Waals surface area contributed by atoms with Gasteiger partial charge in [0.2, 0.25) is 0 Å². The van der Waals surface area contributed by atoms with E-state index in [9.17, 15) is 9.90 Å². The molecule has 94 valence electrons. The lowest BCUT2D eigenvalue weighted by molar-refractivity contribution is 0.0710. The maximum Gasteiger partial charge on any atom is 0.254 e. The van der Waals surface area contributed by atoms with Gasteiger partial charge in [-0.15, -0.1) is 0 Å². The molecule has 0 aromatic heterocycles. The first-order valence-corrected chi connectivity index (χ1v) is 5.78. The Morgan fingerprint density at radius 1 is 1.47 bits per heavy atom. The monoisotopic (exact) mass is 236 g/mol. The van der Waals surface area contributed by atoms with Gasteiger partial charge in [0.15, 0.2) is 0 Å². The molecule has 4 nitrogen and oxygen atoms in total. The molecule has 0 heterocycles. The summed E-state index contributed by atoms with van der Waals surface area (Å²) in [4.78, 5) is 14.0. The van der Waals surface area contributed by atoms with E-state index in [1.54, 1.807) is 30.0 Å². The highest BCUT2D eigenvalue weighted by molar-refractivity contribution is 5.96. The average molecular weight is 236 g/mol. The number of rotatable bonds is 4. The topological polar surface area (TPSA) is 66.6 Å². The zero-order chi connectivity index (χ0) is 13.0. The maximum absolute atomic E-state index is 12.3. The van der Waals surface area contributed by atoms with E-state index in [0.29, 0.717) is 24.2 Å². The summed E-state index contributed by atoms with van der Waals surface area (Å²) >= 11 is 0. The minimum atomic E-state index is -0.0844. The second-order valence-electron chi connectivity index (χ2n) is 4.33. The first kappa shape index (κ1) is 13.5. The van der Waals surface area contributed by atoms with Gasteiger partial charge in [-0.25, -0.2) is 0 Å². The molecule has 0 saturated heterocycles. The van der Waals surface area contributed by atoms with Crippen LogP contribution in [-0.2, 0) is 0 Å². The molecule has 0 radical (unpaired) electrons. The van der Waals surface area contributed by atoms with Gasteiger partial charge in [-0.05, 0) is 32.9 Å². The largest absolute Gasteiger partial charge is 0.508 e. The van der Waals surface area contributed by atoms with Gasteiger partial charge in [0.1, 0.15) is 5.75 Å². The number of carbonyl (C=O) groups is 1. The second kappa shape index (κ2) is 5.68. The van der Waals surface area contributed by atoms with Crippen molar-refractivity contribution in [3.63, 3.8) is 0 Å². The Labute approximate surface area is 102 Å². The van der Waals surface area contributed by atoms with Crippen LogP contribution >= 0.6 is 0 Å². The minimum absolute atomic E-state index is 0.0844. The predicted molar refractivity (Wildman–Crippen MR) is 68.1 cm³/mol. The van der Waals surface area contributed by atoms with E-state index in [1.807, 2.05) is 13.8 Å². The van der Waals surface area contributed by atoms with Crippen LogP contribution in [0.4, 0.5) is 0 Å². The van der Waals surface area contributed by atoms with Gasteiger partial charge in [-0.2, -0.15) is 0 Å². The smallest absolute Gasteiger partial charge is 0.254 e. The molecule has 0 bridgehead atoms. The van der Waals surface area contributed by atoms with Crippen molar-refractivity contribution in [1.29, 1.82) is 0 Å². The quantitative estimate of drug-likeness (QED) is 0.832. The molecular formula is C13H20N2O2. The fourth-order valence-corrected chi connectivity index (χ4v) is 1.74. The van der Waals surface area contributed by atoms with Crippen molar-refractivity contribution >= 4 is 5.91 Å². The fraction of sp³-hybridized carbons (Fsp3) is 0.462. The molecule has 0 unspecified atom stereocenters. The predicted octanol–water partition coefficient (Wildman–Crippen LogP) is 1.51. The molecule has 0 aliphatic carbocycles. The second-order valence-corrected chi connectivity index (χ2v) is 4.33. The van der Waals surface area contributed by atoms with Gasteiger partial charge in [-0.3, -0.25) is 4.79 Å². The third kappa shape index (κ3) is 2.97. The molecule has 3 N–H and O–H groups in total. The third-order valence-electron chi connectivity index (χ3n) is 2.79. The van der Waals surface area contributed by atoms with Crippen LogP contribution in [0.25, 0.3) is 0 Å². The maximum atomic E-state index is 12.3. The number of carbonyl (C=O) groups excluding carboxylic acids is 1. The van der Waals surface area contributed by atoms with Gasteiger partial charge in [0.25, 0.3) is 5.91 Å². The zero-order valence-corrected chi connectivity index (χ0v) is 10.6. The molecule has 1 amide bonds. The summed E-state index contributed by atoms with van der Waals surface area (Å²) in [5.41, 5.74) is 6.65. The molecule has 4 heteroatoms. The van der Waals surface area contributed by atoms with Crippen LogP contribution in [0.2, 0.25) is 0 Å². The van der Waals surface area contributed by atoms with Crippen LogP contribution in [0.3, 0.4) is 0 Å². The number of phenols is 1. The number of nitrogens with two attached hydrogens (primary N) is 1. The molecule has 0 spiro atoms. The molecule has 0 aliphatic heterocycles. The minimum Gasteiger partial charge on any atom is -0.508 e. The Hall–Kier alpha value is -1.55. The number of amides is 1. The van der Waals surface area contributed by atoms with Gasteiger partial charge < -0.3 is 15.7 Å². The van der Waals surface area contributed by atoms with Crippen LogP contribution in [0.15, 0.2) is 18.2 Å². The van der Waals surface area contributed by atoms with Gasteiger partial charge >= 0.3 is 0 Å². The fourth-order valence-electron chi connectivity index (χ4n) is 1.74. The highest BCUT2D eigenvalue weighted by Crippen LogP contribution is 2.21. The van der Waals surface area contributed by atoms with Crippen molar-refractivity contribution in [3.8, 4) is 5.75 Å². The summed E-state index contributed by atoms with van der Waals surface area (Å²) < 4.78 is 0. The number of benzene rings is 1. The van der Waals surface area contributed by atoms with Gasteiger partial charge in [0, 0.05) is 30.3 Å². The summed E-state index contributed by atoms with van der Waals surface area (Å²) in [6, 6.07) is 5.07. The van der Waals surface area contributed by atoms with E-state index >= 15 is 0 Å². The van der Waals surface area contributed by atoms with E-state index in [2.05, 4.69) is 0 Å². The number of phenolic OH excluding ortho intramolecular Hbond substituents is 1. The van der Waals surface area contributed by atoms with Crippen molar-refractivity contribution in [3.05, 3.63) is 29.3 Å². The molecule has 1 aromatic carbocycles. The van der Waals surface area contributed by atoms with E-state index in [0.717, 1.165) is 0 Å². The van der Waals surface area contributed by atoms with E-state index in [-0.39, 0.29) is 17.7 Å². The Kier molecular flexibility index (Phi) is 4.52. The van der Waals surface area contributed by atoms with Crippen LogP contribution in [0.1, 0.15) is 29.8 Å². The lowest BCUT2D eigenvalue weighted by Crippen LogP contribution is -2.40. The summed E-state index contributed by atoms with van der Waals surface area (Å²) in [7, 11) is 0. The SMILES string of the molecule is Cc1c(O)cccc1C(=O)N(CCN)C(C)C. The molecular weight excluding hydrogens is 216 g/mol. The van der Waals surface area contributed by atoms with Gasteiger partial charge in [0.05, 0.1) is 0 Å².